The Labute approximate surface area is 155 Å². The second kappa shape index (κ2) is 7.58. The maximum absolute atomic E-state index is 9.61. The van der Waals surface area contributed by atoms with Crippen LogP contribution in [0.2, 0.25) is 0 Å². The Kier molecular flexibility index (Phi) is 5.02. The van der Waals surface area contributed by atoms with E-state index in [1.165, 1.54) is 18.4 Å². The number of fused-ring (bicyclic) bond motifs is 1. The average molecular weight is 353 g/mol. The third-order valence-electron chi connectivity index (χ3n) is 5.64. The molecule has 0 bridgehead atoms. The van der Waals surface area contributed by atoms with Crippen molar-refractivity contribution in [3.63, 3.8) is 0 Å². The van der Waals surface area contributed by atoms with Crippen LogP contribution in [-0.4, -0.2) is 42.9 Å². The van der Waals surface area contributed by atoms with Gasteiger partial charge in [0.25, 0.3) is 0 Å². The summed E-state index contributed by atoms with van der Waals surface area (Å²) in [6.45, 7) is 3.26. The van der Waals surface area contributed by atoms with Gasteiger partial charge in [-0.15, -0.1) is 0 Å². The summed E-state index contributed by atoms with van der Waals surface area (Å²) >= 11 is 0. The number of piperidine rings is 1. The minimum absolute atomic E-state index is 0.213. The summed E-state index contributed by atoms with van der Waals surface area (Å²) in [5.41, 5.74) is 2.53. The Morgan fingerprint density at radius 1 is 1.12 bits per heavy atom. The van der Waals surface area contributed by atoms with Crippen molar-refractivity contribution in [1.82, 2.24) is 4.90 Å². The Bertz CT molecular complexity index is 736. The van der Waals surface area contributed by atoms with E-state index >= 15 is 0 Å². The Hall–Kier alpha value is -2.20. The molecule has 2 aromatic rings. The van der Waals surface area contributed by atoms with Gasteiger partial charge in [0, 0.05) is 18.5 Å². The van der Waals surface area contributed by atoms with Gasteiger partial charge in [0.1, 0.15) is 23.4 Å². The fourth-order valence-corrected chi connectivity index (χ4v) is 4.16. The number of methoxy groups -OCH3 is 1. The lowest BCUT2D eigenvalue weighted by Crippen LogP contribution is -2.40. The minimum Gasteiger partial charge on any atom is -0.508 e. The maximum Gasteiger partial charge on any atom is 0.123 e. The molecule has 2 aliphatic heterocycles. The molecule has 26 heavy (non-hydrogen) atoms. The highest BCUT2D eigenvalue weighted by Crippen LogP contribution is 2.32. The maximum atomic E-state index is 9.61. The van der Waals surface area contributed by atoms with Gasteiger partial charge >= 0.3 is 0 Å². The van der Waals surface area contributed by atoms with Crippen molar-refractivity contribution in [3.05, 3.63) is 53.6 Å². The van der Waals surface area contributed by atoms with Crippen molar-refractivity contribution < 1.29 is 14.6 Å². The molecule has 0 spiro atoms. The van der Waals surface area contributed by atoms with E-state index in [0.717, 1.165) is 55.5 Å². The largest absolute Gasteiger partial charge is 0.508 e. The van der Waals surface area contributed by atoms with Crippen molar-refractivity contribution >= 4 is 0 Å². The quantitative estimate of drug-likeness (QED) is 0.891. The lowest BCUT2D eigenvalue weighted by atomic mass is 9.90. The number of ether oxygens (including phenoxy) is 2. The van der Waals surface area contributed by atoms with Crippen LogP contribution in [0.5, 0.6) is 17.2 Å². The normalized spacial score (nSPS) is 20.6. The number of benzene rings is 2. The first-order chi connectivity index (χ1) is 12.7. The Balaban J connectivity index is 1.24. The summed E-state index contributed by atoms with van der Waals surface area (Å²) in [7, 11) is 1.71. The third-order valence-corrected chi connectivity index (χ3v) is 5.64. The van der Waals surface area contributed by atoms with Gasteiger partial charge in [0.2, 0.25) is 0 Å². The van der Waals surface area contributed by atoms with E-state index < -0.39 is 0 Å². The van der Waals surface area contributed by atoms with E-state index in [-0.39, 0.29) is 6.10 Å². The second-order valence-electron chi connectivity index (χ2n) is 7.53. The van der Waals surface area contributed by atoms with E-state index in [4.69, 9.17) is 9.47 Å². The first-order valence-corrected chi connectivity index (χ1v) is 9.53. The monoisotopic (exact) mass is 353 g/mol. The highest BCUT2D eigenvalue weighted by Gasteiger charge is 2.27. The number of rotatable bonds is 5. The van der Waals surface area contributed by atoms with Gasteiger partial charge in [-0.1, -0.05) is 12.1 Å². The zero-order valence-electron chi connectivity index (χ0n) is 15.4. The third kappa shape index (κ3) is 3.96. The summed E-state index contributed by atoms with van der Waals surface area (Å²) in [6, 6.07) is 13.9. The van der Waals surface area contributed by atoms with E-state index in [2.05, 4.69) is 29.2 Å². The fourth-order valence-electron chi connectivity index (χ4n) is 4.16. The smallest absolute Gasteiger partial charge is 0.123 e. The molecule has 4 nitrogen and oxygen atoms in total. The molecule has 1 atom stereocenters. The summed E-state index contributed by atoms with van der Waals surface area (Å²) in [5, 5.41) is 9.61. The standard InChI is InChI=1S/C22H27NO3/c1-25-20-5-2-16(3-6-20)12-17-8-10-23(11-9-17)15-21-14-18-13-19(24)4-7-22(18)26-21/h2-7,13,17,21,24H,8-12,14-15H2,1H3. The van der Waals surface area contributed by atoms with Crippen molar-refractivity contribution in [2.45, 2.75) is 31.8 Å². The Morgan fingerprint density at radius 2 is 1.88 bits per heavy atom. The van der Waals surface area contributed by atoms with E-state index in [1.807, 2.05) is 12.1 Å². The molecule has 0 radical (unpaired) electrons. The van der Waals surface area contributed by atoms with Crippen LogP contribution in [0, 0.1) is 5.92 Å². The zero-order chi connectivity index (χ0) is 17.9. The van der Waals surface area contributed by atoms with Crippen molar-refractivity contribution in [2.75, 3.05) is 26.7 Å². The number of hydrogen-bond donors (Lipinski definition) is 1. The first kappa shape index (κ1) is 17.2. The van der Waals surface area contributed by atoms with Crippen LogP contribution in [-0.2, 0) is 12.8 Å². The number of nitrogens with zero attached hydrogens (tertiary/aromatic N) is 1. The molecule has 2 heterocycles. The van der Waals surface area contributed by atoms with Gasteiger partial charge in [0.05, 0.1) is 7.11 Å². The van der Waals surface area contributed by atoms with Gasteiger partial charge in [-0.25, -0.2) is 0 Å². The van der Waals surface area contributed by atoms with Crippen LogP contribution in [0.25, 0.3) is 0 Å². The summed E-state index contributed by atoms with van der Waals surface area (Å²) in [5.74, 6) is 2.95. The first-order valence-electron chi connectivity index (χ1n) is 9.53. The lowest BCUT2D eigenvalue weighted by molar-refractivity contribution is 0.117. The molecule has 138 valence electrons. The predicted octanol–water partition coefficient (Wildman–Crippen LogP) is 3.66. The van der Waals surface area contributed by atoms with E-state index in [0.29, 0.717) is 5.75 Å². The van der Waals surface area contributed by atoms with Gasteiger partial charge in [0.15, 0.2) is 0 Å². The summed E-state index contributed by atoms with van der Waals surface area (Å²) in [6.07, 6.45) is 4.75. The van der Waals surface area contributed by atoms with Gasteiger partial charge < -0.3 is 14.6 Å². The molecule has 0 aromatic heterocycles. The van der Waals surface area contributed by atoms with Crippen LogP contribution in [0.15, 0.2) is 42.5 Å². The fraction of sp³-hybridized carbons (Fsp3) is 0.455. The molecule has 4 rings (SSSR count). The number of phenolic OH excluding ortho intramolecular Hbond substituents is 1. The summed E-state index contributed by atoms with van der Waals surface area (Å²) in [4.78, 5) is 2.53. The van der Waals surface area contributed by atoms with E-state index in [9.17, 15) is 5.11 Å². The Morgan fingerprint density at radius 3 is 2.62 bits per heavy atom. The molecule has 0 saturated carbocycles. The summed E-state index contributed by atoms with van der Waals surface area (Å²) < 4.78 is 11.3. The molecule has 1 unspecified atom stereocenters. The molecular weight excluding hydrogens is 326 g/mol. The molecule has 0 aliphatic carbocycles. The van der Waals surface area contributed by atoms with Crippen LogP contribution in [0.3, 0.4) is 0 Å². The molecule has 1 saturated heterocycles. The molecule has 1 N–H and O–H groups in total. The minimum atomic E-state index is 0.213. The van der Waals surface area contributed by atoms with E-state index in [1.54, 1.807) is 13.2 Å². The molecule has 0 amide bonds. The zero-order valence-corrected chi connectivity index (χ0v) is 15.4. The molecular formula is C22H27NO3. The van der Waals surface area contributed by atoms with Gasteiger partial charge in [-0.3, -0.25) is 4.90 Å². The predicted molar refractivity (Wildman–Crippen MR) is 102 cm³/mol. The van der Waals surface area contributed by atoms with Crippen LogP contribution in [0.4, 0.5) is 0 Å². The molecule has 4 heteroatoms. The average Bonchev–Trinajstić information content (AvgIpc) is 3.05. The van der Waals surface area contributed by atoms with Crippen LogP contribution < -0.4 is 9.47 Å². The number of hydrogen-bond acceptors (Lipinski definition) is 4. The molecule has 2 aromatic carbocycles. The highest BCUT2D eigenvalue weighted by molar-refractivity contribution is 5.42. The lowest BCUT2D eigenvalue weighted by Gasteiger charge is -2.33. The van der Waals surface area contributed by atoms with Crippen molar-refractivity contribution in [3.8, 4) is 17.2 Å². The van der Waals surface area contributed by atoms with Gasteiger partial charge in [-0.2, -0.15) is 0 Å². The topological polar surface area (TPSA) is 41.9 Å². The molecule has 1 fully saturated rings. The van der Waals surface area contributed by atoms with Crippen LogP contribution in [0.1, 0.15) is 24.0 Å². The highest BCUT2D eigenvalue weighted by atomic mass is 16.5. The van der Waals surface area contributed by atoms with Crippen molar-refractivity contribution in [1.29, 1.82) is 0 Å². The van der Waals surface area contributed by atoms with Crippen molar-refractivity contribution in [2.24, 2.45) is 5.92 Å². The molecule has 2 aliphatic rings. The van der Waals surface area contributed by atoms with Crippen LogP contribution >= 0.6 is 0 Å². The number of phenols is 1. The number of aromatic hydroxyl groups is 1. The van der Waals surface area contributed by atoms with Gasteiger partial charge in [-0.05, 0) is 74.2 Å². The second-order valence-corrected chi connectivity index (χ2v) is 7.53. The SMILES string of the molecule is COc1ccc(CC2CCN(CC3Cc4cc(O)ccc4O3)CC2)cc1. The number of likely N-dealkylation sites (tertiary alicyclic amines) is 1.